The van der Waals surface area contributed by atoms with Crippen molar-refractivity contribution in [2.75, 3.05) is 0 Å². The molecule has 0 aliphatic rings. The molecule has 0 aliphatic carbocycles. The Balaban J connectivity index is 2.58. The van der Waals surface area contributed by atoms with E-state index in [4.69, 9.17) is 5.73 Å². The van der Waals surface area contributed by atoms with Crippen LogP contribution in [-0.4, -0.2) is 6.18 Å². The van der Waals surface area contributed by atoms with Crippen molar-refractivity contribution < 1.29 is 13.2 Å². The van der Waals surface area contributed by atoms with Gasteiger partial charge in [-0.1, -0.05) is 0 Å². The van der Waals surface area contributed by atoms with Gasteiger partial charge in [-0.25, -0.2) is 0 Å². The van der Waals surface area contributed by atoms with E-state index in [-0.39, 0.29) is 6.42 Å². The lowest BCUT2D eigenvalue weighted by molar-refractivity contribution is -0.136. The smallest absolute Gasteiger partial charge is 0.323 e. The predicted octanol–water partition coefficient (Wildman–Crippen LogP) is 4.16. The van der Waals surface area contributed by atoms with Gasteiger partial charge in [-0.15, -0.1) is 11.3 Å². The number of halogens is 4. The van der Waals surface area contributed by atoms with Gasteiger partial charge >= 0.3 is 6.18 Å². The molecule has 0 saturated heterocycles. The van der Waals surface area contributed by atoms with Gasteiger partial charge in [0, 0.05) is 17.3 Å². The van der Waals surface area contributed by atoms with Crippen molar-refractivity contribution in [2.45, 2.75) is 32.0 Å². The zero-order valence-corrected chi connectivity index (χ0v) is 10.5. The number of hydrogen-bond acceptors (Lipinski definition) is 2. The van der Waals surface area contributed by atoms with Gasteiger partial charge in [0.25, 0.3) is 0 Å². The van der Waals surface area contributed by atoms with Gasteiger partial charge in [0.2, 0.25) is 0 Å². The summed E-state index contributed by atoms with van der Waals surface area (Å²) in [7, 11) is 0. The third-order valence-corrected chi connectivity index (χ3v) is 4.25. The average Bonchev–Trinajstić information content (AvgIpc) is 2.42. The highest BCUT2D eigenvalue weighted by molar-refractivity contribution is 9.11. The van der Waals surface area contributed by atoms with Crippen LogP contribution in [0.3, 0.4) is 0 Å². The molecule has 0 radical (unpaired) electrons. The van der Waals surface area contributed by atoms with Gasteiger partial charge < -0.3 is 5.73 Å². The molecule has 15 heavy (non-hydrogen) atoms. The molecule has 0 fully saturated rings. The minimum absolute atomic E-state index is 0.0596. The molecule has 0 saturated carbocycles. The van der Waals surface area contributed by atoms with Crippen LogP contribution < -0.4 is 5.73 Å². The lowest BCUT2D eigenvalue weighted by atomic mass is 10.1. The lowest BCUT2D eigenvalue weighted by Gasteiger charge is -2.11. The number of alkyl halides is 3. The number of nitrogens with two attached hydrogens (primary N) is 1. The van der Waals surface area contributed by atoms with E-state index in [0.717, 1.165) is 14.2 Å². The Hall–Kier alpha value is -0.0700. The van der Waals surface area contributed by atoms with E-state index in [1.54, 1.807) is 0 Å². The van der Waals surface area contributed by atoms with Crippen LogP contribution in [0, 0.1) is 6.92 Å². The van der Waals surface area contributed by atoms with Gasteiger partial charge in [-0.05, 0) is 40.9 Å². The molecule has 2 N–H and O–H groups in total. The van der Waals surface area contributed by atoms with Crippen LogP contribution in [0.5, 0.6) is 0 Å². The van der Waals surface area contributed by atoms with Crippen LogP contribution in [0.2, 0.25) is 0 Å². The molecule has 1 aromatic heterocycles. The highest BCUT2D eigenvalue weighted by Gasteiger charge is 2.28. The molecule has 1 aromatic rings. The molecule has 6 heteroatoms. The molecule has 1 rings (SSSR count). The Kier molecular flexibility index (Phi) is 4.20. The maximum atomic E-state index is 12.0. The van der Waals surface area contributed by atoms with Crippen molar-refractivity contribution in [3.05, 3.63) is 20.3 Å². The van der Waals surface area contributed by atoms with Crippen molar-refractivity contribution in [3.63, 3.8) is 0 Å². The van der Waals surface area contributed by atoms with E-state index >= 15 is 0 Å². The fraction of sp³-hybridized carbons (Fsp3) is 0.556. The van der Waals surface area contributed by atoms with E-state index in [1.807, 2.05) is 13.0 Å². The summed E-state index contributed by atoms with van der Waals surface area (Å²) in [5, 5.41) is 0. The molecule has 0 spiro atoms. The van der Waals surface area contributed by atoms with Crippen LogP contribution in [0.4, 0.5) is 13.2 Å². The summed E-state index contributed by atoms with van der Waals surface area (Å²) in [4.78, 5) is 0.795. The van der Waals surface area contributed by atoms with Crippen molar-refractivity contribution >= 4 is 27.3 Å². The molecule has 0 unspecified atom stereocenters. The summed E-state index contributed by atoms with van der Waals surface area (Å²) < 4.78 is 36.8. The maximum absolute atomic E-state index is 12.0. The Morgan fingerprint density at radius 2 is 2.13 bits per heavy atom. The van der Waals surface area contributed by atoms with Crippen molar-refractivity contribution in [1.82, 2.24) is 0 Å². The standard InChI is InChI=1S/C9H11BrF3NS/c1-5-4-7(15-8(5)10)6(14)2-3-9(11,12)13/h4,6H,2-3,14H2,1H3/t6-/m0/s1. The van der Waals surface area contributed by atoms with Crippen molar-refractivity contribution in [1.29, 1.82) is 0 Å². The zero-order valence-electron chi connectivity index (χ0n) is 8.07. The first-order chi connectivity index (χ1) is 6.79. The molecule has 1 atom stereocenters. The first kappa shape index (κ1) is 13.0. The monoisotopic (exact) mass is 301 g/mol. The molecule has 0 amide bonds. The minimum Gasteiger partial charge on any atom is -0.323 e. The third-order valence-electron chi connectivity index (χ3n) is 1.98. The fourth-order valence-corrected chi connectivity index (χ4v) is 2.73. The summed E-state index contributed by atoms with van der Waals surface area (Å²) in [6.07, 6.45) is -5.01. The topological polar surface area (TPSA) is 26.0 Å². The van der Waals surface area contributed by atoms with E-state index < -0.39 is 18.6 Å². The summed E-state index contributed by atoms with van der Waals surface area (Å²) in [6, 6.07) is 1.30. The molecule has 1 heterocycles. The van der Waals surface area contributed by atoms with Crippen molar-refractivity contribution in [2.24, 2.45) is 5.73 Å². The van der Waals surface area contributed by atoms with Gasteiger partial charge in [0.1, 0.15) is 0 Å². The first-order valence-corrected chi connectivity index (χ1v) is 5.98. The molecule has 0 aromatic carbocycles. The largest absolute Gasteiger partial charge is 0.389 e. The fourth-order valence-electron chi connectivity index (χ4n) is 1.13. The number of aryl methyl sites for hydroxylation is 1. The molecular weight excluding hydrogens is 291 g/mol. The second-order valence-corrected chi connectivity index (χ2v) is 5.77. The van der Waals surface area contributed by atoms with Gasteiger partial charge in [0.15, 0.2) is 0 Å². The van der Waals surface area contributed by atoms with Crippen LogP contribution >= 0.6 is 27.3 Å². The van der Waals surface area contributed by atoms with E-state index in [2.05, 4.69) is 15.9 Å². The highest BCUT2D eigenvalue weighted by Crippen LogP contribution is 2.33. The van der Waals surface area contributed by atoms with Gasteiger partial charge in [-0.2, -0.15) is 13.2 Å². The minimum atomic E-state index is -4.12. The molecule has 0 aliphatic heterocycles. The van der Waals surface area contributed by atoms with Crippen LogP contribution in [0.1, 0.15) is 29.3 Å². The first-order valence-electron chi connectivity index (χ1n) is 4.38. The Labute approximate surface area is 98.6 Å². The Bertz CT molecular complexity index is 315. The van der Waals surface area contributed by atoms with Gasteiger partial charge in [-0.3, -0.25) is 0 Å². The predicted molar refractivity (Wildman–Crippen MR) is 59.0 cm³/mol. The van der Waals surface area contributed by atoms with E-state index in [0.29, 0.717) is 0 Å². The average molecular weight is 302 g/mol. The molecule has 1 nitrogen and oxygen atoms in total. The zero-order chi connectivity index (χ0) is 11.6. The second-order valence-electron chi connectivity index (χ2n) is 3.37. The normalized spacial score (nSPS) is 14.3. The van der Waals surface area contributed by atoms with Crippen LogP contribution in [0.25, 0.3) is 0 Å². The number of rotatable bonds is 3. The number of hydrogen-bond donors (Lipinski definition) is 1. The Morgan fingerprint density at radius 3 is 2.53 bits per heavy atom. The Morgan fingerprint density at radius 1 is 1.53 bits per heavy atom. The van der Waals surface area contributed by atoms with E-state index in [1.165, 1.54) is 11.3 Å². The van der Waals surface area contributed by atoms with Crippen molar-refractivity contribution in [3.8, 4) is 0 Å². The molecular formula is C9H11BrF3NS. The maximum Gasteiger partial charge on any atom is 0.389 e. The second kappa shape index (κ2) is 4.84. The van der Waals surface area contributed by atoms with Crippen LogP contribution in [0.15, 0.2) is 9.85 Å². The SMILES string of the molecule is Cc1cc([C@@H](N)CCC(F)(F)F)sc1Br. The summed E-state index contributed by atoms with van der Waals surface area (Å²) >= 11 is 4.71. The quantitative estimate of drug-likeness (QED) is 0.891. The summed E-state index contributed by atoms with van der Waals surface area (Å²) in [5.41, 5.74) is 6.69. The third kappa shape index (κ3) is 4.12. The highest BCUT2D eigenvalue weighted by atomic mass is 79.9. The van der Waals surface area contributed by atoms with E-state index in [9.17, 15) is 13.2 Å². The molecule has 86 valence electrons. The summed E-state index contributed by atoms with van der Waals surface area (Å²) in [6.45, 7) is 1.89. The summed E-state index contributed by atoms with van der Waals surface area (Å²) in [5.74, 6) is 0. The lowest BCUT2D eigenvalue weighted by Crippen LogP contribution is -2.14. The van der Waals surface area contributed by atoms with Gasteiger partial charge in [0.05, 0.1) is 3.79 Å². The van der Waals surface area contributed by atoms with Crippen LogP contribution in [-0.2, 0) is 0 Å². The number of thiophene rings is 1. The molecule has 0 bridgehead atoms.